The van der Waals surface area contributed by atoms with Crippen LogP contribution in [-0.2, 0) is 19.6 Å². The molecule has 22 heavy (non-hydrogen) atoms. The fourth-order valence-electron chi connectivity index (χ4n) is 1.81. The minimum Gasteiger partial charge on any atom is -0.459 e. The van der Waals surface area contributed by atoms with E-state index in [1.54, 1.807) is 39.0 Å². The summed E-state index contributed by atoms with van der Waals surface area (Å²) in [4.78, 5) is 12.3. The predicted octanol–water partition coefficient (Wildman–Crippen LogP) is 2.77. The molecule has 0 radical (unpaired) electrons. The number of likely N-dealkylation sites (N-methyl/N-ethyl adjacent to an activating group) is 1. The second-order valence-electron chi connectivity index (χ2n) is 6.35. The van der Waals surface area contributed by atoms with E-state index in [-0.39, 0.29) is 4.91 Å². The summed E-state index contributed by atoms with van der Waals surface area (Å²) in [6, 6.07) is -0.893. The van der Waals surface area contributed by atoms with Gasteiger partial charge in [-0.2, -0.15) is 4.31 Å². The predicted molar refractivity (Wildman–Crippen MR) is 87.6 cm³/mol. The summed E-state index contributed by atoms with van der Waals surface area (Å²) in [6.07, 6.45) is 7.44. The van der Waals surface area contributed by atoms with Crippen molar-refractivity contribution in [1.82, 2.24) is 4.31 Å². The Bertz CT molecular complexity index is 621. The third-order valence-corrected chi connectivity index (χ3v) is 5.21. The molecule has 124 valence electrons. The Morgan fingerprint density at radius 1 is 1.27 bits per heavy atom. The van der Waals surface area contributed by atoms with E-state index in [0.29, 0.717) is 6.42 Å². The largest absolute Gasteiger partial charge is 0.459 e. The zero-order valence-electron chi connectivity index (χ0n) is 14.1. The van der Waals surface area contributed by atoms with Crippen LogP contribution in [0.15, 0.2) is 34.8 Å². The summed E-state index contributed by atoms with van der Waals surface area (Å²) in [5.74, 6) is -0.564. The molecule has 0 bridgehead atoms. The molecule has 0 aromatic rings. The lowest BCUT2D eigenvalue weighted by Gasteiger charge is -2.27. The molecule has 0 heterocycles. The lowest BCUT2D eigenvalue weighted by atomic mass is 10.2. The number of hydrogen-bond acceptors (Lipinski definition) is 4. The van der Waals surface area contributed by atoms with Crippen molar-refractivity contribution in [2.75, 3.05) is 7.05 Å². The summed E-state index contributed by atoms with van der Waals surface area (Å²) >= 11 is 0. The van der Waals surface area contributed by atoms with Crippen LogP contribution in [0.3, 0.4) is 0 Å². The fourth-order valence-corrected chi connectivity index (χ4v) is 3.19. The molecule has 0 spiro atoms. The Hall–Kier alpha value is -1.40. The van der Waals surface area contributed by atoms with Gasteiger partial charge in [0.25, 0.3) is 0 Å². The van der Waals surface area contributed by atoms with Crippen molar-refractivity contribution < 1.29 is 17.9 Å². The van der Waals surface area contributed by atoms with Crippen molar-refractivity contribution in [2.45, 2.75) is 52.7 Å². The Morgan fingerprint density at radius 2 is 1.86 bits per heavy atom. The fraction of sp³-hybridized carbons (Fsp3) is 0.562. The highest BCUT2D eigenvalue weighted by Gasteiger charge is 2.33. The number of esters is 1. The minimum atomic E-state index is -3.74. The molecule has 5 nitrogen and oxygen atoms in total. The lowest BCUT2D eigenvalue weighted by Crippen LogP contribution is -2.43. The third-order valence-electron chi connectivity index (χ3n) is 3.24. The summed E-state index contributed by atoms with van der Waals surface area (Å²) in [5, 5.41) is 0. The van der Waals surface area contributed by atoms with Crippen LogP contribution in [0.4, 0.5) is 0 Å². The van der Waals surface area contributed by atoms with Crippen molar-refractivity contribution >= 4 is 16.0 Å². The summed E-state index contributed by atoms with van der Waals surface area (Å²) in [5.41, 5.74) is 0.350. The van der Waals surface area contributed by atoms with Crippen molar-refractivity contribution in [2.24, 2.45) is 0 Å². The maximum atomic E-state index is 12.6. The van der Waals surface area contributed by atoms with E-state index >= 15 is 0 Å². The zero-order valence-corrected chi connectivity index (χ0v) is 14.9. The van der Waals surface area contributed by atoms with E-state index in [1.165, 1.54) is 14.0 Å². The van der Waals surface area contributed by atoms with Crippen LogP contribution >= 0.6 is 0 Å². The molecule has 1 atom stereocenters. The molecule has 0 fully saturated rings. The Kier molecular flexibility index (Phi) is 5.76. The van der Waals surface area contributed by atoms with Gasteiger partial charge < -0.3 is 4.74 Å². The van der Waals surface area contributed by atoms with E-state index in [2.05, 4.69) is 0 Å². The van der Waals surface area contributed by atoms with Crippen molar-refractivity contribution in [3.05, 3.63) is 34.8 Å². The number of rotatable bonds is 4. The maximum absolute atomic E-state index is 12.6. The van der Waals surface area contributed by atoms with Gasteiger partial charge in [0.1, 0.15) is 11.6 Å². The van der Waals surface area contributed by atoms with Gasteiger partial charge in [0.05, 0.1) is 4.91 Å². The van der Waals surface area contributed by atoms with E-state index in [4.69, 9.17) is 4.74 Å². The zero-order chi connectivity index (χ0) is 17.1. The summed E-state index contributed by atoms with van der Waals surface area (Å²) in [6.45, 7) is 8.68. The van der Waals surface area contributed by atoms with Crippen molar-refractivity contribution in [1.29, 1.82) is 0 Å². The highest BCUT2D eigenvalue weighted by Crippen LogP contribution is 2.21. The first kappa shape index (κ1) is 18.6. The first-order chi connectivity index (χ1) is 9.95. The second kappa shape index (κ2) is 6.79. The van der Waals surface area contributed by atoms with Crippen molar-refractivity contribution in [3.8, 4) is 0 Å². The van der Waals surface area contributed by atoms with Crippen molar-refractivity contribution in [3.63, 3.8) is 0 Å². The van der Waals surface area contributed by atoms with E-state index in [0.717, 1.165) is 9.88 Å². The average molecular weight is 327 g/mol. The number of nitrogens with zero attached hydrogens (tertiary/aromatic N) is 1. The van der Waals surface area contributed by atoms with Gasteiger partial charge in [0, 0.05) is 7.05 Å². The SMILES string of the molecule is CC1=CCC=C(S(=O)(=O)N(C)C(C)C(=O)OC(C)(C)C)C=C1. The van der Waals surface area contributed by atoms with E-state index < -0.39 is 27.6 Å². The molecular formula is C16H25NO4S. The van der Waals surface area contributed by atoms with Gasteiger partial charge in [0.2, 0.25) is 10.0 Å². The summed E-state index contributed by atoms with van der Waals surface area (Å²) in [7, 11) is -2.34. The van der Waals surface area contributed by atoms with Crippen LogP contribution < -0.4 is 0 Å². The van der Waals surface area contributed by atoms with E-state index in [9.17, 15) is 13.2 Å². The number of sulfonamides is 1. The second-order valence-corrected chi connectivity index (χ2v) is 8.35. The molecule has 0 aromatic heterocycles. The Balaban J connectivity index is 2.96. The van der Waals surface area contributed by atoms with Gasteiger partial charge in [-0.15, -0.1) is 0 Å². The molecule has 0 amide bonds. The minimum absolute atomic E-state index is 0.193. The molecule has 0 N–H and O–H groups in total. The molecular weight excluding hydrogens is 302 g/mol. The van der Waals surface area contributed by atoms with Crippen LogP contribution in [0.5, 0.6) is 0 Å². The lowest BCUT2D eigenvalue weighted by molar-refractivity contribution is -0.158. The highest BCUT2D eigenvalue weighted by molar-refractivity contribution is 7.93. The van der Waals surface area contributed by atoms with Crippen LogP contribution in [0.1, 0.15) is 41.0 Å². The smallest absolute Gasteiger partial charge is 0.324 e. The summed E-state index contributed by atoms with van der Waals surface area (Å²) < 4.78 is 31.6. The van der Waals surface area contributed by atoms with Crippen LogP contribution in [0.2, 0.25) is 0 Å². The first-order valence-corrected chi connectivity index (χ1v) is 8.65. The van der Waals surface area contributed by atoms with Crippen LogP contribution in [0.25, 0.3) is 0 Å². The molecule has 0 saturated carbocycles. The Labute approximate surface area is 133 Å². The standard InChI is InChI=1S/C16H25NO4S/c1-12-8-7-9-14(11-10-12)22(19,20)17(6)13(2)15(18)21-16(3,4)5/h8-11,13H,7H2,1-6H3. The number of ether oxygens (including phenoxy) is 1. The molecule has 1 aliphatic rings. The molecule has 6 heteroatoms. The van der Waals surface area contributed by atoms with Gasteiger partial charge in [-0.1, -0.05) is 23.8 Å². The quantitative estimate of drug-likeness (QED) is 0.745. The molecule has 0 aliphatic heterocycles. The molecule has 0 saturated heterocycles. The number of allylic oxidation sites excluding steroid dienone is 5. The highest BCUT2D eigenvalue weighted by atomic mass is 32.2. The van der Waals surface area contributed by atoms with Gasteiger partial charge in [0.15, 0.2) is 0 Å². The normalized spacial score (nSPS) is 17.6. The van der Waals surface area contributed by atoms with Gasteiger partial charge in [-0.3, -0.25) is 4.79 Å². The molecule has 0 aromatic carbocycles. The third kappa shape index (κ3) is 4.81. The number of carbonyl (C=O) groups excluding carboxylic acids is 1. The number of carbonyl (C=O) groups is 1. The maximum Gasteiger partial charge on any atom is 0.324 e. The number of hydrogen-bond donors (Lipinski definition) is 0. The first-order valence-electron chi connectivity index (χ1n) is 7.21. The Morgan fingerprint density at radius 3 is 2.41 bits per heavy atom. The van der Waals surface area contributed by atoms with E-state index in [1.807, 2.05) is 13.0 Å². The van der Waals surface area contributed by atoms with Crippen LogP contribution in [-0.4, -0.2) is 37.4 Å². The molecule has 1 unspecified atom stereocenters. The molecule has 1 aliphatic carbocycles. The van der Waals surface area contributed by atoms with Gasteiger partial charge in [-0.25, -0.2) is 8.42 Å². The monoisotopic (exact) mass is 327 g/mol. The van der Waals surface area contributed by atoms with Gasteiger partial charge >= 0.3 is 5.97 Å². The average Bonchev–Trinajstić information content (AvgIpc) is 2.60. The topological polar surface area (TPSA) is 63.7 Å². The van der Waals surface area contributed by atoms with Gasteiger partial charge in [-0.05, 0) is 47.1 Å². The van der Waals surface area contributed by atoms with Crippen LogP contribution in [0, 0.1) is 0 Å². The molecule has 1 rings (SSSR count).